The zero-order valence-corrected chi connectivity index (χ0v) is 9.65. The van der Waals surface area contributed by atoms with Crippen molar-refractivity contribution in [3.63, 3.8) is 0 Å². The molecule has 1 aliphatic heterocycles. The van der Waals surface area contributed by atoms with E-state index in [4.69, 9.17) is 0 Å². The predicted molar refractivity (Wildman–Crippen MR) is 56.7 cm³/mol. The molecule has 0 amide bonds. The zero-order valence-electron chi connectivity index (χ0n) is 9.65. The fraction of sp³-hybridized carbons (Fsp3) is 0.417. The lowest BCUT2D eigenvalue weighted by Gasteiger charge is -2.29. The molecule has 1 atom stereocenters. The van der Waals surface area contributed by atoms with Gasteiger partial charge in [0.15, 0.2) is 5.78 Å². The Bertz CT molecular complexity index is 505. The maximum Gasteiger partial charge on any atom is 0.402 e. The highest BCUT2D eigenvalue weighted by atomic mass is 19.4. The SMILES string of the molecule is O=C(c1cc(F)ccc1F)C1(C(F)(F)F)CCNC1. The van der Waals surface area contributed by atoms with Crippen molar-refractivity contribution in [1.29, 1.82) is 0 Å². The molecule has 1 aromatic rings. The van der Waals surface area contributed by atoms with Gasteiger partial charge in [-0.1, -0.05) is 0 Å². The van der Waals surface area contributed by atoms with E-state index in [0.717, 1.165) is 6.07 Å². The monoisotopic (exact) mass is 279 g/mol. The van der Waals surface area contributed by atoms with Crippen LogP contribution in [0.1, 0.15) is 16.8 Å². The van der Waals surface area contributed by atoms with Crippen LogP contribution >= 0.6 is 0 Å². The average molecular weight is 279 g/mol. The first kappa shape index (κ1) is 13.9. The van der Waals surface area contributed by atoms with Crippen LogP contribution in [-0.2, 0) is 0 Å². The number of nitrogens with one attached hydrogen (secondary N) is 1. The molecule has 1 fully saturated rings. The summed E-state index contributed by atoms with van der Waals surface area (Å²) in [6.45, 7) is -0.618. The summed E-state index contributed by atoms with van der Waals surface area (Å²) >= 11 is 0. The predicted octanol–water partition coefficient (Wildman–Crippen LogP) is 2.69. The van der Waals surface area contributed by atoms with E-state index in [9.17, 15) is 26.7 Å². The zero-order chi connectivity index (χ0) is 14.3. The molecule has 1 heterocycles. The molecule has 19 heavy (non-hydrogen) atoms. The molecular formula is C12H10F5NO. The Morgan fingerprint density at radius 1 is 1.26 bits per heavy atom. The summed E-state index contributed by atoms with van der Waals surface area (Å²) in [4.78, 5) is 12.0. The largest absolute Gasteiger partial charge is 0.402 e. The maximum absolute atomic E-state index is 13.5. The van der Waals surface area contributed by atoms with E-state index in [0.29, 0.717) is 12.1 Å². The van der Waals surface area contributed by atoms with Gasteiger partial charge in [0.1, 0.15) is 17.0 Å². The van der Waals surface area contributed by atoms with Crippen LogP contribution in [0.15, 0.2) is 18.2 Å². The first-order chi connectivity index (χ1) is 8.78. The van der Waals surface area contributed by atoms with Crippen molar-refractivity contribution >= 4 is 5.78 Å². The third kappa shape index (κ3) is 2.22. The van der Waals surface area contributed by atoms with Gasteiger partial charge in [-0.25, -0.2) is 8.78 Å². The molecule has 1 saturated heterocycles. The minimum atomic E-state index is -4.81. The van der Waals surface area contributed by atoms with Gasteiger partial charge < -0.3 is 5.32 Å². The molecule has 2 rings (SSSR count). The Kier molecular flexibility index (Phi) is 3.34. The first-order valence-electron chi connectivity index (χ1n) is 5.55. The lowest BCUT2D eigenvalue weighted by molar-refractivity contribution is -0.197. The van der Waals surface area contributed by atoms with Crippen LogP contribution in [0.2, 0.25) is 0 Å². The second-order valence-electron chi connectivity index (χ2n) is 4.46. The van der Waals surface area contributed by atoms with Gasteiger partial charge in [0.25, 0.3) is 0 Å². The summed E-state index contributed by atoms with van der Waals surface area (Å²) < 4.78 is 65.8. The van der Waals surface area contributed by atoms with E-state index in [2.05, 4.69) is 5.32 Å². The molecule has 0 spiro atoms. The standard InChI is InChI=1S/C12H10F5NO/c13-7-1-2-9(14)8(5-7)10(19)11(12(15,16)17)3-4-18-6-11/h1-2,5,18H,3-4,6H2. The molecule has 2 nitrogen and oxygen atoms in total. The summed E-state index contributed by atoms with van der Waals surface area (Å²) in [5, 5.41) is 2.45. The summed E-state index contributed by atoms with van der Waals surface area (Å²) in [6, 6.07) is 1.90. The lowest BCUT2D eigenvalue weighted by Crippen LogP contribution is -2.47. The van der Waals surface area contributed by atoms with Crippen LogP contribution in [0.4, 0.5) is 22.0 Å². The number of rotatable bonds is 2. The minimum Gasteiger partial charge on any atom is -0.315 e. The molecule has 0 aliphatic carbocycles. The van der Waals surface area contributed by atoms with Gasteiger partial charge in [-0.2, -0.15) is 13.2 Å². The van der Waals surface area contributed by atoms with E-state index >= 15 is 0 Å². The van der Waals surface area contributed by atoms with Crippen LogP contribution < -0.4 is 5.32 Å². The molecule has 0 aromatic heterocycles. The van der Waals surface area contributed by atoms with Crippen LogP contribution in [0.25, 0.3) is 0 Å². The van der Waals surface area contributed by atoms with Crippen molar-refractivity contribution in [3.8, 4) is 0 Å². The molecule has 1 N–H and O–H groups in total. The first-order valence-corrected chi connectivity index (χ1v) is 5.55. The van der Waals surface area contributed by atoms with Crippen LogP contribution in [0, 0.1) is 17.0 Å². The molecular weight excluding hydrogens is 269 g/mol. The number of benzene rings is 1. The summed E-state index contributed by atoms with van der Waals surface area (Å²) in [5.41, 5.74) is -3.54. The van der Waals surface area contributed by atoms with Crippen molar-refractivity contribution in [3.05, 3.63) is 35.4 Å². The highest BCUT2D eigenvalue weighted by Gasteiger charge is 2.61. The van der Waals surface area contributed by atoms with Crippen molar-refractivity contribution < 1.29 is 26.7 Å². The topological polar surface area (TPSA) is 29.1 Å². The number of carbonyl (C=O) groups is 1. The van der Waals surface area contributed by atoms with E-state index in [1.165, 1.54) is 0 Å². The van der Waals surface area contributed by atoms with Crippen molar-refractivity contribution in [2.75, 3.05) is 13.1 Å². The highest BCUT2D eigenvalue weighted by Crippen LogP contribution is 2.45. The van der Waals surface area contributed by atoms with Gasteiger partial charge in [0.05, 0.1) is 5.56 Å². The number of alkyl halides is 3. The molecule has 1 aliphatic rings. The normalized spacial score (nSPS) is 23.6. The van der Waals surface area contributed by atoms with E-state index in [-0.39, 0.29) is 6.54 Å². The Hall–Kier alpha value is -1.50. The van der Waals surface area contributed by atoms with Gasteiger partial charge in [0, 0.05) is 6.54 Å². The van der Waals surface area contributed by atoms with Crippen molar-refractivity contribution in [1.82, 2.24) is 5.32 Å². The smallest absolute Gasteiger partial charge is 0.315 e. The fourth-order valence-electron chi connectivity index (χ4n) is 2.19. The van der Waals surface area contributed by atoms with Gasteiger partial charge in [-0.05, 0) is 31.2 Å². The van der Waals surface area contributed by atoms with E-state index in [1.807, 2.05) is 0 Å². The quantitative estimate of drug-likeness (QED) is 0.666. The van der Waals surface area contributed by atoms with Crippen LogP contribution in [-0.4, -0.2) is 25.0 Å². The van der Waals surface area contributed by atoms with Crippen LogP contribution in [0.3, 0.4) is 0 Å². The lowest BCUT2D eigenvalue weighted by atomic mass is 9.78. The molecule has 0 radical (unpaired) electrons. The number of halogens is 5. The molecule has 1 aromatic carbocycles. The number of hydrogen-bond donors (Lipinski definition) is 1. The highest BCUT2D eigenvalue weighted by molar-refractivity contribution is 6.01. The summed E-state index contributed by atoms with van der Waals surface area (Å²) in [6.07, 6.45) is -5.29. The molecule has 0 saturated carbocycles. The fourth-order valence-corrected chi connectivity index (χ4v) is 2.19. The average Bonchev–Trinajstić information content (AvgIpc) is 2.81. The van der Waals surface area contributed by atoms with E-state index < -0.39 is 47.5 Å². The Morgan fingerprint density at radius 3 is 2.47 bits per heavy atom. The number of Topliss-reactive ketones (excluding diaryl/α,β-unsaturated/α-hetero) is 1. The van der Waals surface area contributed by atoms with E-state index in [1.54, 1.807) is 0 Å². The minimum absolute atomic E-state index is 0.00217. The number of hydrogen-bond acceptors (Lipinski definition) is 2. The maximum atomic E-state index is 13.5. The van der Waals surface area contributed by atoms with Gasteiger partial charge in [0.2, 0.25) is 0 Å². The third-order valence-corrected chi connectivity index (χ3v) is 3.31. The Morgan fingerprint density at radius 2 is 1.95 bits per heavy atom. The summed E-state index contributed by atoms with van der Waals surface area (Å²) in [5.74, 6) is -3.53. The summed E-state index contributed by atoms with van der Waals surface area (Å²) in [7, 11) is 0. The molecule has 7 heteroatoms. The van der Waals surface area contributed by atoms with Gasteiger partial charge >= 0.3 is 6.18 Å². The molecule has 0 bridgehead atoms. The third-order valence-electron chi connectivity index (χ3n) is 3.31. The number of carbonyl (C=O) groups excluding carboxylic acids is 1. The Balaban J connectivity index is 2.49. The second-order valence-corrected chi connectivity index (χ2v) is 4.46. The second kappa shape index (κ2) is 4.56. The van der Waals surface area contributed by atoms with Crippen LogP contribution in [0.5, 0.6) is 0 Å². The number of ketones is 1. The van der Waals surface area contributed by atoms with Crippen molar-refractivity contribution in [2.45, 2.75) is 12.6 Å². The van der Waals surface area contributed by atoms with Crippen molar-refractivity contribution in [2.24, 2.45) is 5.41 Å². The Labute approximate surface area is 105 Å². The van der Waals surface area contributed by atoms with Gasteiger partial charge in [-0.15, -0.1) is 0 Å². The molecule has 1 unspecified atom stereocenters. The van der Waals surface area contributed by atoms with Gasteiger partial charge in [-0.3, -0.25) is 4.79 Å². The molecule has 104 valence electrons.